The number of amides is 3. The van der Waals surface area contributed by atoms with Gasteiger partial charge >= 0.3 is 12.0 Å². The number of carbonyl (C=O) groups is 3. The van der Waals surface area contributed by atoms with Crippen LogP contribution < -0.4 is 0 Å². The molecule has 2 rings (SSSR count). The van der Waals surface area contributed by atoms with E-state index in [1.165, 1.54) is 11.9 Å². The predicted molar refractivity (Wildman–Crippen MR) is 75.2 cm³/mol. The van der Waals surface area contributed by atoms with Crippen LogP contribution in [0.25, 0.3) is 0 Å². The SMILES string of the molecule is CN1C(=O)N(CC(=O)OCc2ccccc2)C(=O)C1(C)C. The second kappa shape index (κ2) is 5.55. The topological polar surface area (TPSA) is 66.9 Å². The van der Waals surface area contributed by atoms with Crippen LogP contribution in [0.15, 0.2) is 30.3 Å². The lowest BCUT2D eigenvalue weighted by Crippen LogP contribution is -2.42. The Kier molecular flexibility index (Phi) is 3.97. The summed E-state index contributed by atoms with van der Waals surface area (Å²) < 4.78 is 5.09. The van der Waals surface area contributed by atoms with E-state index >= 15 is 0 Å². The van der Waals surface area contributed by atoms with Gasteiger partial charge in [-0.05, 0) is 19.4 Å². The van der Waals surface area contributed by atoms with E-state index in [-0.39, 0.29) is 13.2 Å². The van der Waals surface area contributed by atoms with Crippen molar-refractivity contribution in [3.05, 3.63) is 35.9 Å². The fraction of sp³-hybridized carbons (Fsp3) is 0.400. The summed E-state index contributed by atoms with van der Waals surface area (Å²) >= 11 is 0. The molecule has 1 heterocycles. The number of nitrogens with zero attached hydrogens (tertiary/aromatic N) is 2. The molecule has 0 N–H and O–H groups in total. The molecule has 0 unspecified atom stereocenters. The van der Waals surface area contributed by atoms with Gasteiger partial charge in [0.2, 0.25) is 0 Å². The van der Waals surface area contributed by atoms with E-state index in [0.717, 1.165) is 10.5 Å². The van der Waals surface area contributed by atoms with Crippen molar-refractivity contribution in [2.75, 3.05) is 13.6 Å². The van der Waals surface area contributed by atoms with Crippen molar-refractivity contribution in [3.8, 4) is 0 Å². The van der Waals surface area contributed by atoms with Crippen LogP contribution in [0.3, 0.4) is 0 Å². The first-order valence-electron chi connectivity index (χ1n) is 6.63. The minimum absolute atomic E-state index is 0.120. The fourth-order valence-corrected chi connectivity index (χ4v) is 2.03. The Morgan fingerprint density at radius 2 is 1.81 bits per heavy atom. The Morgan fingerprint density at radius 1 is 1.19 bits per heavy atom. The van der Waals surface area contributed by atoms with Crippen LogP contribution in [0.5, 0.6) is 0 Å². The Hall–Kier alpha value is -2.37. The maximum Gasteiger partial charge on any atom is 0.327 e. The van der Waals surface area contributed by atoms with E-state index in [1.54, 1.807) is 13.8 Å². The molecule has 112 valence electrons. The minimum atomic E-state index is -0.934. The van der Waals surface area contributed by atoms with Crippen LogP contribution in [0.1, 0.15) is 19.4 Å². The standard InChI is InChI=1S/C15H18N2O4/c1-15(2)13(19)17(14(20)16(15)3)9-12(18)21-10-11-7-5-4-6-8-11/h4-8H,9-10H2,1-3H3. The van der Waals surface area contributed by atoms with Gasteiger partial charge in [0.25, 0.3) is 5.91 Å². The molecule has 1 aromatic carbocycles. The van der Waals surface area contributed by atoms with Crippen molar-refractivity contribution in [2.24, 2.45) is 0 Å². The molecule has 21 heavy (non-hydrogen) atoms. The second-order valence-corrected chi connectivity index (χ2v) is 5.44. The zero-order valence-electron chi connectivity index (χ0n) is 12.3. The van der Waals surface area contributed by atoms with Gasteiger partial charge in [0.05, 0.1) is 0 Å². The van der Waals surface area contributed by atoms with Crippen molar-refractivity contribution in [3.63, 3.8) is 0 Å². The quantitative estimate of drug-likeness (QED) is 0.621. The summed E-state index contributed by atoms with van der Waals surface area (Å²) in [5.41, 5.74) is -0.0843. The van der Waals surface area contributed by atoms with Crippen LogP contribution in [0.2, 0.25) is 0 Å². The largest absolute Gasteiger partial charge is 0.459 e. The first-order chi connectivity index (χ1) is 9.84. The molecular weight excluding hydrogens is 272 g/mol. The second-order valence-electron chi connectivity index (χ2n) is 5.44. The number of hydrogen-bond donors (Lipinski definition) is 0. The first kappa shape index (κ1) is 15.0. The molecule has 0 bridgehead atoms. The van der Waals surface area contributed by atoms with Crippen molar-refractivity contribution < 1.29 is 19.1 Å². The maximum absolute atomic E-state index is 12.1. The lowest BCUT2D eigenvalue weighted by Gasteiger charge is -2.22. The van der Waals surface area contributed by atoms with E-state index in [1.807, 2.05) is 30.3 Å². The molecule has 1 aliphatic rings. The van der Waals surface area contributed by atoms with Gasteiger partial charge in [-0.1, -0.05) is 30.3 Å². The molecule has 0 atom stereocenters. The average molecular weight is 290 g/mol. The van der Waals surface area contributed by atoms with Crippen LogP contribution in [0.4, 0.5) is 4.79 Å². The van der Waals surface area contributed by atoms with Crippen LogP contribution in [-0.4, -0.2) is 46.8 Å². The van der Waals surface area contributed by atoms with Gasteiger partial charge in [0, 0.05) is 7.05 Å². The number of rotatable bonds is 4. The highest BCUT2D eigenvalue weighted by atomic mass is 16.5. The van der Waals surface area contributed by atoms with E-state index in [9.17, 15) is 14.4 Å². The summed E-state index contributed by atoms with van der Waals surface area (Å²) in [5, 5.41) is 0. The highest BCUT2D eigenvalue weighted by Crippen LogP contribution is 2.25. The van der Waals surface area contributed by atoms with Gasteiger partial charge in [0.1, 0.15) is 18.7 Å². The Labute approximate surface area is 123 Å². The molecule has 0 spiro atoms. The third-order valence-electron chi connectivity index (χ3n) is 3.65. The number of imide groups is 1. The highest BCUT2D eigenvalue weighted by Gasteiger charge is 2.49. The van der Waals surface area contributed by atoms with Crippen molar-refractivity contribution in [2.45, 2.75) is 26.0 Å². The number of hydrogen-bond acceptors (Lipinski definition) is 4. The van der Waals surface area contributed by atoms with Gasteiger partial charge in [0.15, 0.2) is 0 Å². The molecule has 0 saturated carbocycles. The molecule has 1 aromatic rings. The summed E-state index contributed by atoms with van der Waals surface area (Å²) in [6.07, 6.45) is 0. The van der Waals surface area contributed by atoms with Gasteiger partial charge in [-0.25, -0.2) is 4.79 Å². The fourth-order valence-electron chi connectivity index (χ4n) is 2.03. The predicted octanol–water partition coefficient (Wildman–Crippen LogP) is 1.40. The Balaban J connectivity index is 1.94. The van der Waals surface area contributed by atoms with E-state index in [0.29, 0.717) is 0 Å². The smallest absolute Gasteiger partial charge is 0.327 e. The Bertz CT molecular complexity index is 568. The molecule has 0 aromatic heterocycles. The number of carbonyl (C=O) groups excluding carboxylic acids is 3. The summed E-state index contributed by atoms with van der Waals surface area (Å²) in [7, 11) is 1.54. The molecule has 6 heteroatoms. The van der Waals surface area contributed by atoms with Crippen LogP contribution in [-0.2, 0) is 20.9 Å². The van der Waals surface area contributed by atoms with E-state index in [4.69, 9.17) is 4.74 Å². The third-order valence-corrected chi connectivity index (χ3v) is 3.65. The number of benzene rings is 1. The van der Waals surface area contributed by atoms with Gasteiger partial charge in [-0.3, -0.25) is 14.5 Å². The molecule has 1 fully saturated rings. The lowest BCUT2D eigenvalue weighted by molar-refractivity contribution is -0.148. The highest BCUT2D eigenvalue weighted by molar-refractivity contribution is 6.08. The van der Waals surface area contributed by atoms with Crippen LogP contribution in [0, 0.1) is 0 Å². The Morgan fingerprint density at radius 3 is 2.33 bits per heavy atom. The summed E-state index contributed by atoms with van der Waals surface area (Å²) in [4.78, 5) is 38.1. The summed E-state index contributed by atoms with van der Waals surface area (Å²) in [6.45, 7) is 3.04. The van der Waals surface area contributed by atoms with E-state index < -0.39 is 23.4 Å². The lowest BCUT2D eigenvalue weighted by atomic mass is 10.1. The number of urea groups is 1. The molecule has 3 amide bonds. The molecule has 0 aliphatic carbocycles. The van der Waals surface area contributed by atoms with Gasteiger partial charge in [-0.15, -0.1) is 0 Å². The average Bonchev–Trinajstić information content (AvgIpc) is 2.61. The maximum atomic E-state index is 12.1. The zero-order valence-corrected chi connectivity index (χ0v) is 12.3. The monoisotopic (exact) mass is 290 g/mol. The number of ether oxygens (including phenoxy) is 1. The number of likely N-dealkylation sites (N-methyl/N-ethyl adjacent to an activating group) is 1. The van der Waals surface area contributed by atoms with Gasteiger partial charge in [-0.2, -0.15) is 0 Å². The first-order valence-corrected chi connectivity index (χ1v) is 6.63. The van der Waals surface area contributed by atoms with Crippen molar-refractivity contribution in [1.82, 2.24) is 9.80 Å². The molecular formula is C15H18N2O4. The zero-order chi connectivity index (χ0) is 15.6. The molecule has 0 radical (unpaired) electrons. The summed E-state index contributed by atoms with van der Waals surface area (Å²) in [6, 6.07) is 8.72. The van der Waals surface area contributed by atoms with Crippen LogP contribution >= 0.6 is 0 Å². The van der Waals surface area contributed by atoms with Gasteiger partial charge < -0.3 is 9.64 Å². The summed E-state index contributed by atoms with van der Waals surface area (Å²) in [5.74, 6) is -1.00. The van der Waals surface area contributed by atoms with E-state index in [2.05, 4.69) is 0 Å². The normalized spacial score (nSPS) is 17.3. The van der Waals surface area contributed by atoms with Crippen molar-refractivity contribution in [1.29, 1.82) is 0 Å². The third kappa shape index (κ3) is 2.89. The van der Waals surface area contributed by atoms with Crippen molar-refractivity contribution >= 4 is 17.9 Å². The number of esters is 1. The molecule has 6 nitrogen and oxygen atoms in total. The minimum Gasteiger partial charge on any atom is -0.459 e. The molecule has 1 aliphatic heterocycles. The molecule has 1 saturated heterocycles.